The van der Waals surface area contributed by atoms with Crippen LogP contribution < -0.4 is 0 Å². The Morgan fingerprint density at radius 1 is 1.07 bits per heavy atom. The number of nitrogens with zero attached hydrogens (tertiary/aromatic N) is 2. The number of hydrogen-bond acceptors (Lipinski definition) is 3. The Hall–Kier alpha value is -1.16. The highest BCUT2D eigenvalue weighted by atomic mass is 16.2. The maximum absolute atomic E-state index is 11.6. The van der Waals surface area contributed by atoms with E-state index in [9.17, 15) is 9.59 Å². The molecule has 4 heteroatoms. The Balaban J connectivity index is 1.83. The largest absolute Gasteiger partial charge is 0.301 e. The van der Waals surface area contributed by atoms with Gasteiger partial charge in [-0.1, -0.05) is 0 Å². The smallest absolute Gasteiger partial charge is 0.253 e. The third kappa shape index (κ3) is 1.32. The molecule has 3 fully saturated rings. The van der Waals surface area contributed by atoms with Crippen molar-refractivity contribution in [1.29, 1.82) is 0 Å². The van der Waals surface area contributed by atoms with Crippen LogP contribution in [0.1, 0.15) is 12.8 Å². The molecule has 0 spiro atoms. The number of carbonyl (C=O) groups is 2. The predicted molar refractivity (Wildman–Crippen MR) is 53.9 cm³/mol. The van der Waals surface area contributed by atoms with Gasteiger partial charge in [-0.2, -0.15) is 0 Å². The van der Waals surface area contributed by atoms with Gasteiger partial charge in [0.1, 0.15) is 0 Å². The summed E-state index contributed by atoms with van der Waals surface area (Å²) in [6, 6.07) is 0.127. The van der Waals surface area contributed by atoms with Crippen molar-refractivity contribution in [2.24, 2.45) is 5.92 Å². The summed E-state index contributed by atoms with van der Waals surface area (Å²) >= 11 is 0. The van der Waals surface area contributed by atoms with Crippen molar-refractivity contribution in [3.8, 4) is 0 Å². The molecule has 1 unspecified atom stereocenters. The molecule has 3 saturated heterocycles. The van der Waals surface area contributed by atoms with Gasteiger partial charge < -0.3 is 4.90 Å². The molecule has 0 radical (unpaired) electrons. The molecule has 4 aliphatic rings. The lowest BCUT2D eigenvalue weighted by Gasteiger charge is -2.47. The highest BCUT2D eigenvalue weighted by Crippen LogP contribution is 2.32. The second-order valence-corrected chi connectivity index (χ2v) is 4.59. The summed E-state index contributed by atoms with van der Waals surface area (Å²) < 4.78 is 0. The van der Waals surface area contributed by atoms with E-state index < -0.39 is 0 Å². The molecule has 4 aliphatic heterocycles. The molecule has 80 valence electrons. The Morgan fingerprint density at radius 2 is 1.67 bits per heavy atom. The fourth-order valence-corrected chi connectivity index (χ4v) is 2.97. The molecule has 0 N–H and O–H groups in total. The van der Waals surface area contributed by atoms with Crippen LogP contribution in [0.4, 0.5) is 0 Å². The van der Waals surface area contributed by atoms with Crippen molar-refractivity contribution in [3.05, 3.63) is 12.2 Å². The number of rotatable bonds is 1. The first-order valence-electron chi connectivity index (χ1n) is 5.53. The number of hydrogen-bond donors (Lipinski definition) is 0. The standard InChI is InChI=1S/C11H14N2O2/c14-10-1-2-11(15)13(10)9-7-12-5-3-8(9)4-6-12/h1-2,8-9H,3-7H2. The Labute approximate surface area is 88.5 Å². The highest BCUT2D eigenvalue weighted by Gasteiger charge is 2.42. The van der Waals surface area contributed by atoms with Crippen molar-refractivity contribution in [2.75, 3.05) is 19.6 Å². The fraction of sp³-hybridized carbons (Fsp3) is 0.636. The molecular weight excluding hydrogens is 192 g/mol. The Morgan fingerprint density at radius 3 is 2.13 bits per heavy atom. The maximum atomic E-state index is 11.6. The van der Waals surface area contributed by atoms with Crippen LogP contribution in [0.5, 0.6) is 0 Å². The molecule has 0 aliphatic carbocycles. The van der Waals surface area contributed by atoms with Gasteiger partial charge in [0.25, 0.3) is 11.8 Å². The first kappa shape index (κ1) is 9.09. The SMILES string of the molecule is O=C1C=CC(=O)N1C1CN2CCC1CC2. The first-order chi connectivity index (χ1) is 7.25. The van der Waals surface area contributed by atoms with Crippen LogP contribution in [-0.4, -0.2) is 47.3 Å². The summed E-state index contributed by atoms with van der Waals surface area (Å²) in [6.07, 6.45) is 5.03. The zero-order valence-corrected chi connectivity index (χ0v) is 8.56. The van der Waals surface area contributed by atoms with Gasteiger partial charge in [-0.15, -0.1) is 0 Å². The second-order valence-electron chi connectivity index (χ2n) is 4.59. The molecule has 2 bridgehead atoms. The summed E-state index contributed by atoms with van der Waals surface area (Å²) in [5, 5.41) is 0. The molecule has 4 nitrogen and oxygen atoms in total. The summed E-state index contributed by atoms with van der Waals surface area (Å²) in [6.45, 7) is 3.14. The van der Waals surface area contributed by atoms with Gasteiger partial charge in [0.2, 0.25) is 0 Å². The van der Waals surface area contributed by atoms with E-state index in [1.807, 2.05) is 0 Å². The molecule has 0 saturated carbocycles. The van der Waals surface area contributed by atoms with Crippen molar-refractivity contribution in [1.82, 2.24) is 9.80 Å². The molecule has 0 aromatic heterocycles. The summed E-state index contributed by atoms with van der Waals surface area (Å²) in [7, 11) is 0. The van der Waals surface area contributed by atoms with Gasteiger partial charge in [0.05, 0.1) is 6.04 Å². The van der Waals surface area contributed by atoms with E-state index in [1.54, 1.807) is 0 Å². The lowest BCUT2D eigenvalue weighted by Crippen LogP contribution is -2.58. The fourth-order valence-electron chi connectivity index (χ4n) is 2.97. The van der Waals surface area contributed by atoms with Crippen molar-refractivity contribution < 1.29 is 9.59 Å². The molecule has 0 aromatic rings. The van der Waals surface area contributed by atoms with Gasteiger partial charge in [-0.25, -0.2) is 0 Å². The van der Waals surface area contributed by atoms with Crippen LogP contribution in [0.2, 0.25) is 0 Å². The molecule has 4 heterocycles. The van der Waals surface area contributed by atoms with Crippen LogP contribution in [0, 0.1) is 5.92 Å². The van der Waals surface area contributed by atoms with Crippen LogP contribution >= 0.6 is 0 Å². The first-order valence-corrected chi connectivity index (χ1v) is 5.53. The number of carbonyl (C=O) groups excluding carboxylic acids is 2. The van der Waals surface area contributed by atoms with E-state index in [-0.39, 0.29) is 17.9 Å². The van der Waals surface area contributed by atoms with E-state index in [4.69, 9.17) is 0 Å². The van der Waals surface area contributed by atoms with Crippen molar-refractivity contribution in [2.45, 2.75) is 18.9 Å². The van der Waals surface area contributed by atoms with Gasteiger partial charge in [0.15, 0.2) is 0 Å². The van der Waals surface area contributed by atoms with E-state index >= 15 is 0 Å². The van der Waals surface area contributed by atoms with Crippen LogP contribution in [0.3, 0.4) is 0 Å². The molecule has 4 rings (SSSR count). The summed E-state index contributed by atoms with van der Waals surface area (Å²) in [4.78, 5) is 26.9. The normalized spacial score (nSPS) is 39.2. The maximum Gasteiger partial charge on any atom is 0.253 e. The zero-order valence-electron chi connectivity index (χ0n) is 8.56. The van der Waals surface area contributed by atoms with Gasteiger partial charge in [-0.3, -0.25) is 14.5 Å². The van der Waals surface area contributed by atoms with E-state index in [0.717, 1.165) is 32.5 Å². The van der Waals surface area contributed by atoms with Crippen LogP contribution in [-0.2, 0) is 9.59 Å². The molecule has 0 aromatic carbocycles. The highest BCUT2D eigenvalue weighted by molar-refractivity contribution is 6.13. The average Bonchev–Trinajstić information content (AvgIpc) is 2.60. The topological polar surface area (TPSA) is 40.6 Å². The Kier molecular flexibility index (Phi) is 1.92. The summed E-state index contributed by atoms with van der Waals surface area (Å²) in [5.41, 5.74) is 0. The van der Waals surface area contributed by atoms with Gasteiger partial charge >= 0.3 is 0 Å². The third-order valence-electron chi connectivity index (χ3n) is 3.80. The van der Waals surface area contributed by atoms with Crippen LogP contribution in [0.15, 0.2) is 12.2 Å². The number of piperidine rings is 3. The third-order valence-corrected chi connectivity index (χ3v) is 3.80. The van der Waals surface area contributed by atoms with Gasteiger partial charge in [-0.05, 0) is 31.8 Å². The number of fused-ring (bicyclic) bond motifs is 3. The van der Waals surface area contributed by atoms with E-state index in [2.05, 4.69) is 4.90 Å². The van der Waals surface area contributed by atoms with Gasteiger partial charge in [0, 0.05) is 18.7 Å². The zero-order chi connectivity index (χ0) is 10.4. The number of imide groups is 1. The molecule has 1 atom stereocenters. The minimum absolute atomic E-state index is 0.126. The Bertz CT molecular complexity index is 324. The average molecular weight is 206 g/mol. The molecule has 2 amide bonds. The number of amides is 2. The second kappa shape index (κ2) is 3.17. The summed E-state index contributed by atoms with van der Waals surface area (Å²) in [5.74, 6) is 0.278. The predicted octanol–water partition coefficient (Wildman–Crippen LogP) is 0.00560. The van der Waals surface area contributed by atoms with E-state index in [1.165, 1.54) is 17.1 Å². The van der Waals surface area contributed by atoms with Crippen LogP contribution in [0.25, 0.3) is 0 Å². The van der Waals surface area contributed by atoms with Crippen molar-refractivity contribution >= 4 is 11.8 Å². The molecule has 15 heavy (non-hydrogen) atoms. The van der Waals surface area contributed by atoms with Crippen molar-refractivity contribution in [3.63, 3.8) is 0 Å². The monoisotopic (exact) mass is 206 g/mol. The lowest BCUT2D eigenvalue weighted by atomic mass is 9.83. The lowest BCUT2D eigenvalue weighted by molar-refractivity contribution is -0.144. The quantitative estimate of drug-likeness (QED) is 0.567. The van der Waals surface area contributed by atoms with E-state index in [0.29, 0.717) is 5.92 Å². The minimum atomic E-state index is -0.126. The minimum Gasteiger partial charge on any atom is -0.301 e. The molecular formula is C11H14N2O2.